The third-order valence-electron chi connectivity index (χ3n) is 2.15. The molecule has 104 valence electrons. The molecule has 8 heteroatoms. The van der Waals surface area contributed by atoms with Crippen LogP contribution in [0.1, 0.15) is 26.2 Å². The molecule has 2 N–H and O–H groups in total. The molecule has 4 nitrogen and oxygen atoms in total. The number of hydrogen-bond donors (Lipinski definition) is 1. The summed E-state index contributed by atoms with van der Waals surface area (Å²) in [5.41, 5.74) is 0. The summed E-state index contributed by atoms with van der Waals surface area (Å²) in [6.07, 6.45) is -4.63. The summed E-state index contributed by atoms with van der Waals surface area (Å²) in [6.45, 7) is 1.86. The highest BCUT2D eigenvalue weighted by atomic mass is 32.2. The Kier molecular flexibility index (Phi) is 7.03. The van der Waals surface area contributed by atoms with Crippen LogP contribution in [0.4, 0.5) is 13.2 Å². The molecule has 0 rings (SSSR count). The SMILES string of the molecule is CCC(COCCCC(F)(F)F)CS(N)(=O)=O. The Labute approximate surface area is 99.4 Å². The highest BCUT2D eigenvalue weighted by Gasteiger charge is 2.26. The van der Waals surface area contributed by atoms with Crippen LogP contribution in [0, 0.1) is 5.92 Å². The van der Waals surface area contributed by atoms with Crippen LogP contribution in [0.5, 0.6) is 0 Å². The smallest absolute Gasteiger partial charge is 0.381 e. The topological polar surface area (TPSA) is 69.4 Å². The van der Waals surface area contributed by atoms with Crippen molar-refractivity contribution in [3.8, 4) is 0 Å². The fourth-order valence-corrected chi connectivity index (χ4v) is 2.23. The molecule has 1 unspecified atom stereocenters. The maximum Gasteiger partial charge on any atom is 0.389 e. The molecule has 1 atom stereocenters. The van der Waals surface area contributed by atoms with E-state index in [4.69, 9.17) is 9.88 Å². The van der Waals surface area contributed by atoms with E-state index in [2.05, 4.69) is 0 Å². The van der Waals surface area contributed by atoms with Gasteiger partial charge in [-0.3, -0.25) is 0 Å². The Morgan fingerprint density at radius 1 is 1.35 bits per heavy atom. The zero-order chi connectivity index (χ0) is 13.5. The molecule has 17 heavy (non-hydrogen) atoms. The van der Waals surface area contributed by atoms with Crippen molar-refractivity contribution in [3.63, 3.8) is 0 Å². The number of nitrogens with two attached hydrogens (primary N) is 1. The summed E-state index contributed by atoms with van der Waals surface area (Å²) in [7, 11) is -3.56. The van der Waals surface area contributed by atoms with E-state index in [9.17, 15) is 21.6 Å². The minimum absolute atomic E-state index is 0.0272. The van der Waals surface area contributed by atoms with Crippen LogP contribution in [0.15, 0.2) is 0 Å². The quantitative estimate of drug-likeness (QED) is 0.686. The van der Waals surface area contributed by atoms with Crippen LogP contribution in [0.25, 0.3) is 0 Å². The van der Waals surface area contributed by atoms with Crippen molar-refractivity contribution < 1.29 is 26.3 Å². The second-order valence-electron chi connectivity index (χ2n) is 3.90. The fourth-order valence-electron chi connectivity index (χ4n) is 1.24. The Balaban J connectivity index is 3.72. The van der Waals surface area contributed by atoms with Crippen molar-refractivity contribution >= 4 is 10.0 Å². The molecule has 0 radical (unpaired) electrons. The van der Waals surface area contributed by atoms with E-state index in [0.717, 1.165) is 0 Å². The minimum atomic E-state index is -4.17. The number of primary sulfonamides is 1. The number of halogens is 3. The first-order chi connectivity index (χ1) is 7.64. The number of sulfonamides is 1. The highest BCUT2D eigenvalue weighted by molar-refractivity contribution is 7.89. The summed E-state index contributed by atoms with van der Waals surface area (Å²) in [4.78, 5) is 0. The monoisotopic (exact) mass is 277 g/mol. The van der Waals surface area contributed by atoms with Gasteiger partial charge >= 0.3 is 6.18 Å². The highest BCUT2D eigenvalue weighted by Crippen LogP contribution is 2.21. The van der Waals surface area contributed by atoms with Gasteiger partial charge in [0.2, 0.25) is 10.0 Å². The lowest BCUT2D eigenvalue weighted by molar-refractivity contribution is -0.138. The predicted octanol–water partition coefficient (Wildman–Crippen LogP) is 1.66. The van der Waals surface area contributed by atoms with Crippen LogP contribution in [0.3, 0.4) is 0 Å². The van der Waals surface area contributed by atoms with E-state index < -0.39 is 22.6 Å². The van der Waals surface area contributed by atoms with Crippen LogP contribution in [0.2, 0.25) is 0 Å². The first kappa shape index (κ1) is 16.7. The largest absolute Gasteiger partial charge is 0.389 e. The van der Waals surface area contributed by atoms with Crippen molar-refractivity contribution in [3.05, 3.63) is 0 Å². The number of alkyl halides is 3. The number of hydrogen-bond acceptors (Lipinski definition) is 3. The van der Waals surface area contributed by atoms with E-state index >= 15 is 0 Å². The van der Waals surface area contributed by atoms with Gasteiger partial charge in [-0.1, -0.05) is 13.3 Å². The number of rotatable bonds is 8. The second kappa shape index (κ2) is 7.17. The maximum absolute atomic E-state index is 11.8. The van der Waals surface area contributed by atoms with Gasteiger partial charge in [-0.05, 0) is 12.3 Å². The lowest BCUT2D eigenvalue weighted by Gasteiger charge is -2.14. The van der Waals surface area contributed by atoms with Gasteiger partial charge in [0.25, 0.3) is 0 Å². The van der Waals surface area contributed by atoms with Crippen molar-refractivity contribution in [2.75, 3.05) is 19.0 Å². The molecule has 0 amide bonds. The van der Waals surface area contributed by atoms with Gasteiger partial charge in [0, 0.05) is 13.0 Å². The molecular weight excluding hydrogens is 259 g/mol. The molecule has 0 saturated carbocycles. The van der Waals surface area contributed by atoms with Crippen LogP contribution in [-0.2, 0) is 14.8 Å². The summed E-state index contributed by atoms with van der Waals surface area (Å²) >= 11 is 0. The predicted molar refractivity (Wildman–Crippen MR) is 57.9 cm³/mol. The molecule has 0 aromatic carbocycles. The summed E-state index contributed by atoms with van der Waals surface area (Å²) in [5.74, 6) is -0.473. The van der Waals surface area contributed by atoms with Gasteiger partial charge in [0.15, 0.2) is 0 Å². The first-order valence-corrected chi connectivity index (χ1v) is 7.00. The van der Waals surface area contributed by atoms with Gasteiger partial charge in [0.05, 0.1) is 12.4 Å². The Bertz CT molecular complexity index is 303. The van der Waals surface area contributed by atoms with Crippen molar-refractivity contribution in [2.24, 2.45) is 11.1 Å². The first-order valence-electron chi connectivity index (χ1n) is 5.29. The normalized spacial score (nSPS) is 14.9. The molecule has 0 spiro atoms. The molecule has 0 aliphatic carbocycles. The molecule has 0 aromatic heterocycles. The molecule has 0 saturated heterocycles. The average molecular weight is 277 g/mol. The average Bonchev–Trinajstić information content (AvgIpc) is 2.11. The molecule has 0 aliphatic rings. The van der Waals surface area contributed by atoms with E-state index in [1.807, 2.05) is 0 Å². The van der Waals surface area contributed by atoms with E-state index in [1.165, 1.54) is 0 Å². The van der Waals surface area contributed by atoms with Gasteiger partial charge in [-0.25, -0.2) is 13.6 Å². The zero-order valence-corrected chi connectivity index (χ0v) is 10.5. The fraction of sp³-hybridized carbons (Fsp3) is 1.00. The standard InChI is InChI=1S/C9H18F3NO3S/c1-2-8(7-17(13,14)15)6-16-5-3-4-9(10,11)12/h8H,2-7H2,1H3,(H2,13,14,15). The van der Waals surface area contributed by atoms with Gasteiger partial charge in [-0.15, -0.1) is 0 Å². The van der Waals surface area contributed by atoms with E-state index in [0.29, 0.717) is 6.42 Å². The van der Waals surface area contributed by atoms with Crippen molar-refractivity contribution in [1.82, 2.24) is 0 Å². The third-order valence-corrected chi connectivity index (χ3v) is 3.08. The lowest BCUT2D eigenvalue weighted by Crippen LogP contribution is -2.25. The lowest BCUT2D eigenvalue weighted by atomic mass is 10.1. The molecular formula is C9H18F3NO3S. The van der Waals surface area contributed by atoms with Crippen molar-refractivity contribution in [2.45, 2.75) is 32.4 Å². The molecule has 0 fully saturated rings. The third kappa shape index (κ3) is 11.9. The second-order valence-corrected chi connectivity index (χ2v) is 5.56. The van der Waals surface area contributed by atoms with Crippen LogP contribution < -0.4 is 5.14 Å². The van der Waals surface area contributed by atoms with Gasteiger partial charge in [0.1, 0.15) is 0 Å². The van der Waals surface area contributed by atoms with Gasteiger partial charge < -0.3 is 4.74 Å². The summed E-state index contributed by atoms with van der Waals surface area (Å²) < 4.78 is 61.9. The van der Waals surface area contributed by atoms with E-state index in [1.54, 1.807) is 6.92 Å². The Morgan fingerprint density at radius 2 is 1.94 bits per heavy atom. The molecule has 0 bridgehead atoms. The van der Waals surface area contributed by atoms with Crippen LogP contribution >= 0.6 is 0 Å². The summed E-state index contributed by atoms with van der Waals surface area (Å²) in [6, 6.07) is 0. The van der Waals surface area contributed by atoms with Crippen molar-refractivity contribution in [1.29, 1.82) is 0 Å². The van der Waals surface area contributed by atoms with Gasteiger partial charge in [-0.2, -0.15) is 13.2 Å². The number of ether oxygens (including phenoxy) is 1. The Hall–Kier alpha value is -0.340. The van der Waals surface area contributed by atoms with Crippen LogP contribution in [-0.4, -0.2) is 33.6 Å². The minimum Gasteiger partial charge on any atom is -0.381 e. The maximum atomic E-state index is 11.8. The molecule has 0 aromatic rings. The zero-order valence-electron chi connectivity index (χ0n) is 9.66. The Morgan fingerprint density at radius 3 is 2.35 bits per heavy atom. The summed E-state index contributed by atoms with van der Waals surface area (Å²) in [5, 5.41) is 4.87. The molecule has 0 heterocycles. The molecule has 0 aliphatic heterocycles. The van der Waals surface area contributed by atoms with E-state index in [-0.39, 0.29) is 31.3 Å².